The van der Waals surface area contributed by atoms with Crippen LogP contribution in [0.15, 0.2) is 30.5 Å². The minimum atomic E-state index is 0.545. The number of hydrogen-bond acceptors (Lipinski definition) is 0. The zero-order valence-corrected chi connectivity index (χ0v) is 9.14. The molecule has 1 unspecified atom stereocenters. The third-order valence-electron chi connectivity index (χ3n) is 2.13. The van der Waals surface area contributed by atoms with E-state index in [1.807, 2.05) is 6.20 Å². The van der Waals surface area contributed by atoms with Crippen LogP contribution in [0.5, 0.6) is 0 Å². The predicted octanol–water partition coefficient (Wildman–Crippen LogP) is 3.49. The molecule has 1 atom stereocenters. The van der Waals surface area contributed by atoms with Gasteiger partial charge in [0, 0.05) is 16.5 Å². The fourth-order valence-electron chi connectivity index (χ4n) is 1.55. The summed E-state index contributed by atoms with van der Waals surface area (Å²) in [6, 6.07) is 8.66. The molecule has 0 aliphatic heterocycles. The molecule has 2 rings (SSSR count). The lowest BCUT2D eigenvalue weighted by Gasteiger charge is -2.02. The highest BCUT2D eigenvalue weighted by molar-refractivity contribution is 9.09. The summed E-state index contributed by atoms with van der Waals surface area (Å²) in [7, 11) is 0. The zero-order chi connectivity index (χ0) is 9.26. The number of H-pyrrole nitrogens is 1. The van der Waals surface area contributed by atoms with Gasteiger partial charge in [-0.25, -0.2) is 0 Å². The van der Waals surface area contributed by atoms with Crippen molar-refractivity contribution in [3.05, 3.63) is 36.0 Å². The number of aromatic nitrogens is 1. The topological polar surface area (TPSA) is 15.8 Å². The van der Waals surface area contributed by atoms with E-state index in [0.717, 1.165) is 6.42 Å². The molecule has 0 spiro atoms. The number of nitrogens with one attached hydrogen (secondary N) is 1. The van der Waals surface area contributed by atoms with Gasteiger partial charge in [-0.2, -0.15) is 0 Å². The van der Waals surface area contributed by atoms with Crippen molar-refractivity contribution in [1.82, 2.24) is 4.98 Å². The maximum Gasteiger partial charge on any atom is 0.0454 e. The van der Waals surface area contributed by atoms with Gasteiger partial charge in [0.1, 0.15) is 0 Å². The van der Waals surface area contributed by atoms with Crippen molar-refractivity contribution in [3.8, 4) is 0 Å². The molecule has 0 fully saturated rings. The standard InChI is InChI=1S/C11H12BrN/c1-8(12)6-9-2-3-11-10(7-9)4-5-13-11/h2-5,7-8,13H,6H2,1H3. The number of halogens is 1. The molecule has 0 saturated heterocycles. The van der Waals surface area contributed by atoms with Gasteiger partial charge in [-0.3, -0.25) is 0 Å². The molecule has 0 aliphatic carbocycles. The van der Waals surface area contributed by atoms with Gasteiger partial charge >= 0.3 is 0 Å². The fourth-order valence-corrected chi connectivity index (χ4v) is 1.93. The molecule has 1 aromatic heterocycles. The van der Waals surface area contributed by atoms with Crippen molar-refractivity contribution in [2.24, 2.45) is 0 Å². The quantitative estimate of drug-likeness (QED) is 0.771. The number of alkyl halides is 1. The summed E-state index contributed by atoms with van der Waals surface area (Å²) in [5.41, 5.74) is 2.60. The van der Waals surface area contributed by atoms with E-state index in [0.29, 0.717) is 4.83 Å². The Morgan fingerprint density at radius 3 is 3.00 bits per heavy atom. The molecule has 68 valence electrons. The zero-order valence-electron chi connectivity index (χ0n) is 7.55. The van der Waals surface area contributed by atoms with E-state index < -0.39 is 0 Å². The Hall–Kier alpha value is -0.760. The Bertz CT molecular complexity index is 403. The maximum absolute atomic E-state index is 3.56. The SMILES string of the molecule is CC(Br)Cc1ccc2[nH]ccc2c1. The van der Waals surface area contributed by atoms with Crippen LogP contribution in [0.25, 0.3) is 10.9 Å². The summed E-state index contributed by atoms with van der Waals surface area (Å²) in [6.07, 6.45) is 3.06. The van der Waals surface area contributed by atoms with Gasteiger partial charge in [-0.05, 0) is 35.6 Å². The van der Waals surface area contributed by atoms with Gasteiger partial charge in [0.05, 0.1) is 0 Å². The van der Waals surface area contributed by atoms with Crippen LogP contribution in [0, 0.1) is 0 Å². The van der Waals surface area contributed by atoms with Crippen molar-refractivity contribution >= 4 is 26.8 Å². The lowest BCUT2D eigenvalue weighted by molar-refractivity contribution is 0.962. The first-order chi connectivity index (χ1) is 6.25. The lowest BCUT2D eigenvalue weighted by Crippen LogP contribution is -1.95. The van der Waals surface area contributed by atoms with E-state index in [1.54, 1.807) is 0 Å². The normalized spacial score (nSPS) is 13.4. The first kappa shape index (κ1) is 8.82. The summed E-state index contributed by atoms with van der Waals surface area (Å²) >= 11 is 3.56. The van der Waals surface area contributed by atoms with Gasteiger partial charge < -0.3 is 4.98 Å². The van der Waals surface area contributed by atoms with Crippen molar-refractivity contribution in [2.75, 3.05) is 0 Å². The molecule has 0 saturated carbocycles. The monoisotopic (exact) mass is 237 g/mol. The second-order valence-corrected chi connectivity index (χ2v) is 4.95. The van der Waals surface area contributed by atoms with Gasteiger partial charge in [0.15, 0.2) is 0 Å². The Labute approximate surface area is 86.3 Å². The predicted molar refractivity (Wildman–Crippen MR) is 60.4 cm³/mol. The fraction of sp³-hybridized carbons (Fsp3) is 0.273. The summed E-state index contributed by atoms with van der Waals surface area (Å²) in [6.45, 7) is 2.17. The molecule has 13 heavy (non-hydrogen) atoms. The van der Waals surface area contributed by atoms with Crippen LogP contribution >= 0.6 is 15.9 Å². The Balaban J connectivity index is 2.37. The summed E-state index contributed by atoms with van der Waals surface area (Å²) < 4.78 is 0. The number of fused-ring (bicyclic) bond motifs is 1. The molecule has 1 heterocycles. The number of hydrogen-bond donors (Lipinski definition) is 1. The Morgan fingerprint density at radius 2 is 2.23 bits per heavy atom. The van der Waals surface area contributed by atoms with E-state index in [9.17, 15) is 0 Å². The molecule has 0 amide bonds. The van der Waals surface area contributed by atoms with Gasteiger partial charge in [0.25, 0.3) is 0 Å². The van der Waals surface area contributed by atoms with E-state index in [2.05, 4.69) is 52.1 Å². The smallest absolute Gasteiger partial charge is 0.0454 e. The lowest BCUT2D eigenvalue weighted by atomic mass is 10.1. The third kappa shape index (κ3) is 1.94. The average Bonchev–Trinajstić information content (AvgIpc) is 2.49. The highest BCUT2D eigenvalue weighted by Crippen LogP contribution is 2.16. The van der Waals surface area contributed by atoms with Crippen LogP contribution in [0.1, 0.15) is 12.5 Å². The number of rotatable bonds is 2. The van der Waals surface area contributed by atoms with Crippen molar-refractivity contribution in [2.45, 2.75) is 18.2 Å². The second-order valence-electron chi connectivity index (χ2n) is 3.38. The Kier molecular flexibility index (Phi) is 2.40. The third-order valence-corrected chi connectivity index (χ3v) is 2.46. The van der Waals surface area contributed by atoms with Crippen LogP contribution in [0.3, 0.4) is 0 Å². The second kappa shape index (κ2) is 3.54. The van der Waals surface area contributed by atoms with E-state index in [4.69, 9.17) is 0 Å². The summed E-state index contributed by atoms with van der Waals surface area (Å²) in [5, 5.41) is 1.30. The molecule has 2 heteroatoms. The van der Waals surface area contributed by atoms with Crippen molar-refractivity contribution in [3.63, 3.8) is 0 Å². The van der Waals surface area contributed by atoms with Crippen molar-refractivity contribution < 1.29 is 0 Å². The molecule has 1 N–H and O–H groups in total. The van der Waals surface area contributed by atoms with E-state index >= 15 is 0 Å². The van der Waals surface area contributed by atoms with E-state index in [1.165, 1.54) is 16.5 Å². The first-order valence-corrected chi connectivity index (χ1v) is 5.37. The minimum Gasteiger partial charge on any atom is -0.361 e. The molecular formula is C11H12BrN. The highest BCUT2D eigenvalue weighted by atomic mass is 79.9. The molecule has 0 aliphatic rings. The molecule has 0 radical (unpaired) electrons. The van der Waals surface area contributed by atoms with Crippen LogP contribution in [-0.4, -0.2) is 9.81 Å². The summed E-state index contributed by atoms with van der Waals surface area (Å²) in [4.78, 5) is 3.73. The molecule has 1 aromatic carbocycles. The largest absolute Gasteiger partial charge is 0.361 e. The van der Waals surface area contributed by atoms with Crippen LogP contribution < -0.4 is 0 Å². The minimum absolute atomic E-state index is 0.545. The molecule has 0 bridgehead atoms. The highest BCUT2D eigenvalue weighted by Gasteiger charge is 2.00. The van der Waals surface area contributed by atoms with Crippen LogP contribution in [0.4, 0.5) is 0 Å². The molecule has 2 aromatic rings. The van der Waals surface area contributed by atoms with Crippen LogP contribution in [-0.2, 0) is 6.42 Å². The number of benzene rings is 1. The van der Waals surface area contributed by atoms with Gasteiger partial charge in [-0.1, -0.05) is 28.9 Å². The van der Waals surface area contributed by atoms with Crippen molar-refractivity contribution in [1.29, 1.82) is 0 Å². The van der Waals surface area contributed by atoms with Gasteiger partial charge in [0.2, 0.25) is 0 Å². The van der Waals surface area contributed by atoms with Gasteiger partial charge in [-0.15, -0.1) is 0 Å². The average molecular weight is 238 g/mol. The van der Waals surface area contributed by atoms with Crippen LogP contribution in [0.2, 0.25) is 0 Å². The Morgan fingerprint density at radius 1 is 1.38 bits per heavy atom. The maximum atomic E-state index is 3.56. The number of aromatic amines is 1. The first-order valence-electron chi connectivity index (χ1n) is 4.46. The molecular weight excluding hydrogens is 226 g/mol. The van der Waals surface area contributed by atoms with E-state index in [-0.39, 0.29) is 0 Å². The summed E-state index contributed by atoms with van der Waals surface area (Å²) in [5.74, 6) is 0. The molecule has 1 nitrogen and oxygen atoms in total.